The number of hydrogen-bond donors (Lipinski definition) is 1. The van der Waals surface area contributed by atoms with Crippen molar-refractivity contribution in [2.75, 3.05) is 0 Å². The van der Waals surface area contributed by atoms with Gasteiger partial charge in [0.1, 0.15) is 0 Å². The van der Waals surface area contributed by atoms with Crippen molar-refractivity contribution < 1.29 is 5.11 Å². The Hall–Kier alpha value is 0.759. The molecule has 0 aliphatic rings. The summed E-state index contributed by atoms with van der Waals surface area (Å²) in [5.74, 6) is 0.478. The molecule has 2 heteroatoms. The van der Waals surface area contributed by atoms with Crippen LogP contribution in [0.4, 0.5) is 0 Å². The minimum atomic E-state index is -2.32. The fourth-order valence-electron chi connectivity index (χ4n) is 3.11. The van der Waals surface area contributed by atoms with Gasteiger partial charge < -0.3 is 0 Å². The fraction of sp³-hybridized carbons (Fsp3) is 1.00. The summed E-state index contributed by atoms with van der Waals surface area (Å²) in [6, 6.07) is 0. The third kappa shape index (κ3) is 6.27. The van der Waals surface area contributed by atoms with Crippen LogP contribution in [-0.2, 0) is 0 Å². The molecule has 0 aromatic carbocycles. The molecule has 0 amide bonds. The first-order valence-electron chi connectivity index (χ1n) is 8.22. The number of aliphatic hydroxyl groups is 1. The summed E-state index contributed by atoms with van der Waals surface area (Å²) in [6.07, 6.45) is 7.94. The molecular formula is C16H36OSn. The maximum atomic E-state index is 10.8. The van der Waals surface area contributed by atoms with Gasteiger partial charge in [0.25, 0.3) is 0 Å². The van der Waals surface area contributed by atoms with Crippen molar-refractivity contribution in [3.05, 3.63) is 0 Å². The van der Waals surface area contributed by atoms with Gasteiger partial charge in [-0.05, 0) is 0 Å². The standard InChI is InChI=1S/C4H9O.3C4H9.Sn/c1-4(2)3-5;3*1-3-4-2;/h3-5H,1-2H3;3*1,3-4H2,2H3;. The van der Waals surface area contributed by atoms with Crippen molar-refractivity contribution in [2.24, 2.45) is 5.92 Å². The summed E-state index contributed by atoms with van der Waals surface area (Å²) in [4.78, 5) is 0. The van der Waals surface area contributed by atoms with Crippen molar-refractivity contribution in [1.82, 2.24) is 0 Å². The number of aliphatic hydroxyl groups excluding tert-OH is 1. The molecule has 0 rings (SSSR count). The first-order chi connectivity index (χ1) is 8.54. The van der Waals surface area contributed by atoms with Crippen molar-refractivity contribution in [1.29, 1.82) is 0 Å². The van der Waals surface area contributed by atoms with E-state index in [-0.39, 0.29) is 4.12 Å². The van der Waals surface area contributed by atoms with Crippen molar-refractivity contribution >= 4 is 18.4 Å². The molecule has 18 heavy (non-hydrogen) atoms. The van der Waals surface area contributed by atoms with Crippen LogP contribution >= 0.6 is 0 Å². The van der Waals surface area contributed by atoms with Gasteiger partial charge in [0.15, 0.2) is 0 Å². The molecule has 1 nitrogen and oxygen atoms in total. The molecule has 0 bridgehead atoms. The number of unbranched alkanes of at least 4 members (excludes halogenated alkanes) is 3. The zero-order valence-electron chi connectivity index (χ0n) is 13.5. The third-order valence-electron chi connectivity index (χ3n) is 4.34. The second-order valence-corrected chi connectivity index (χ2v) is 20.1. The average Bonchev–Trinajstić information content (AvgIpc) is 2.37. The van der Waals surface area contributed by atoms with Gasteiger partial charge >= 0.3 is 120 Å². The Labute approximate surface area is 120 Å². The summed E-state index contributed by atoms with van der Waals surface area (Å²) in [5.41, 5.74) is 0. The molecule has 0 fully saturated rings. The molecule has 0 aliphatic heterocycles. The summed E-state index contributed by atoms with van der Waals surface area (Å²) in [7, 11) is 0. The molecular weight excluding hydrogens is 327 g/mol. The Bertz CT molecular complexity index is 170. The van der Waals surface area contributed by atoms with Crippen molar-refractivity contribution in [3.8, 4) is 0 Å². The zero-order valence-corrected chi connectivity index (χ0v) is 16.3. The second-order valence-electron chi connectivity index (χ2n) is 6.36. The van der Waals surface area contributed by atoms with Crippen LogP contribution in [0.2, 0.25) is 13.3 Å². The molecule has 110 valence electrons. The van der Waals surface area contributed by atoms with Crippen LogP contribution in [0.5, 0.6) is 0 Å². The van der Waals surface area contributed by atoms with Gasteiger partial charge in [-0.25, -0.2) is 0 Å². The Balaban J connectivity index is 4.84. The van der Waals surface area contributed by atoms with Gasteiger partial charge in [-0.3, -0.25) is 0 Å². The van der Waals surface area contributed by atoms with E-state index in [1.54, 1.807) is 0 Å². The topological polar surface area (TPSA) is 20.2 Å². The van der Waals surface area contributed by atoms with Crippen molar-refractivity contribution in [3.63, 3.8) is 0 Å². The van der Waals surface area contributed by atoms with E-state index in [0.717, 1.165) is 0 Å². The number of rotatable bonds is 11. The van der Waals surface area contributed by atoms with E-state index in [9.17, 15) is 5.11 Å². The molecule has 0 unspecified atom stereocenters. The van der Waals surface area contributed by atoms with E-state index in [2.05, 4.69) is 34.6 Å². The predicted octanol–water partition coefficient (Wildman–Crippen LogP) is 5.39. The molecule has 0 aromatic heterocycles. The quantitative estimate of drug-likeness (QED) is 0.488. The molecule has 0 heterocycles. The maximum absolute atomic E-state index is 10.8. The normalized spacial score (nSPS) is 14.2. The van der Waals surface area contributed by atoms with Crippen LogP contribution in [0.1, 0.15) is 73.1 Å². The Morgan fingerprint density at radius 2 is 1.11 bits per heavy atom. The summed E-state index contributed by atoms with van der Waals surface area (Å²) >= 11 is -2.32. The first kappa shape index (κ1) is 18.8. The van der Waals surface area contributed by atoms with Crippen LogP contribution in [0.25, 0.3) is 0 Å². The molecule has 0 aliphatic carbocycles. The minimum absolute atomic E-state index is 0.0870. The summed E-state index contributed by atoms with van der Waals surface area (Å²) in [5, 5.41) is 10.8. The van der Waals surface area contributed by atoms with E-state index in [4.69, 9.17) is 0 Å². The van der Waals surface area contributed by atoms with Gasteiger partial charge in [0, 0.05) is 0 Å². The van der Waals surface area contributed by atoms with E-state index in [1.165, 1.54) is 51.8 Å². The average molecular weight is 363 g/mol. The van der Waals surface area contributed by atoms with Gasteiger partial charge in [-0.15, -0.1) is 0 Å². The van der Waals surface area contributed by atoms with Crippen molar-refractivity contribution in [2.45, 2.75) is 90.6 Å². The summed E-state index contributed by atoms with van der Waals surface area (Å²) < 4.78 is 4.35. The van der Waals surface area contributed by atoms with E-state index in [1.807, 2.05) is 0 Å². The fourth-order valence-corrected chi connectivity index (χ4v) is 20.9. The van der Waals surface area contributed by atoms with Gasteiger partial charge in [-0.2, -0.15) is 0 Å². The first-order valence-corrected chi connectivity index (χ1v) is 15.9. The molecule has 1 atom stereocenters. The predicted molar refractivity (Wildman–Crippen MR) is 85.7 cm³/mol. The zero-order chi connectivity index (χ0) is 14.0. The van der Waals surface area contributed by atoms with Gasteiger partial charge in [-0.1, -0.05) is 0 Å². The molecule has 0 saturated carbocycles. The van der Waals surface area contributed by atoms with E-state index < -0.39 is 18.4 Å². The Kier molecular flexibility index (Phi) is 11.0. The van der Waals surface area contributed by atoms with Crippen LogP contribution in [-0.4, -0.2) is 27.6 Å². The molecule has 0 saturated heterocycles. The monoisotopic (exact) mass is 364 g/mol. The molecule has 0 aromatic rings. The molecule has 0 radical (unpaired) electrons. The van der Waals surface area contributed by atoms with E-state index in [0.29, 0.717) is 5.92 Å². The SMILES string of the molecule is CCC[CH2][Sn]([CH2]CCC)([CH2]CCC)[C@@H](O)C(C)C. The van der Waals surface area contributed by atoms with Gasteiger partial charge in [0.05, 0.1) is 0 Å². The van der Waals surface area contributed by atoms with E-state index >= 15 is 0 Å². The van der Waals surface area contributed by atoms with Crippen LogP contribution in [0.15, 0.2) is 0 Å². The van der Waals surface area contributed by atoms with Crippen LogP contribution in [0, 0.1) is 5.92 Å². The summed E-state index contributed by atoms with van der Waals surface area (Å²) in [6.45, 7) is 11.3. The van der Waals surface area contributed by atoms with Gasteiger partial charge in [0.2, 0.25) is 0 Å². The second kappa shape index (κ2) is 10.5. The van der Waals surface area contributed by atoms with Crippen LogP contribution in [0.3, 0.4) is 0 Å². The molecule has 1 N–H and O–H groups in total. The Morgan fingerprint density at radius 3 is 1.33 bits per heavy atom. The Morgan fingerprint density at radius 1 is 0.778 bits per heavy atom. The number of hydrogen-bond acceptors (Lipinski definition) is 1. The molecule has 0 spiro atoms. The van der Waals surface area contributed by atoms with Crippen LogP contribution < -0.4 is 0 Å². The third-order valence-corrected chi connectivity index (χ3v) is 21.4.